The first-order valence-electron chi connectivity index (χ1n) is 9.51. The van der Waals surface area contributed by atoms with Crippen LogP contribution in [-0.2, 0) is 12.8 Å². The number of ether oxygens (including phenoxy) is 1. The van der Waals surface area contributed by atoms with Crippen molar-refractivity contribution in [1.29, 1.82) is 0 Å². The number of methoxy groups -OCH3 is 1. The molecule has 0 bridgehead atoms. The molecule has 29 heavy (non-hydrogen) atoms. The standard InChI is InChI=1S/C22H25N5O2/c1-27(16-12-17-9-13-23-14-10-17)21-8-7-19(25-26-21)22(28)24-15-11-18-5-3-4-6-20(18)29-2/h3-10,13-14H,11-12,15-16H2,1-2H3,(H,24,28). The zero-order valence-electron chi connectivity index (χ0n) is 16.7. The Labute approximate surface area is 170 Å². The number of anilines is 1. The summed E-state index contributed by atoms with van der Waals surface area (Å²) in [5.74, 6) is 1.31. The average Bonchev–Trinajstić information content (AvgIpc) is 2.78. The van der Waals surface area contributed by atoms with Crippen molar-refractivity contribution in [3.63, 3.8) is 0 Å². The van der Waals surface area contributed by atoms with Crippen LogP contribution >= 0.6 is 0 Å². The maximum atomic E-state index is 12.3. The van der Waals surface area contributed by atoms with Gasteiger partial charge in [0.25, 0.3) is 5.91 Å². The number of pyridine rings is 1. The van der Waals surface area contributed by atoms with Crippen LogP contribution in [0.5, 0.6) is 5.75 Å². The molecule has 2 heterocycles. The van der Waals surface area contributed by atoms with Crippen LogP contribution in [0.4, 0.5) is 5.82 Å². The van der Waals surface area contributed by atoms with E-state index in [-0.39, 0.29) is 5.91 Å². The molecule has 150 valence electrons. The summed E-state index contributed by atoms with van der Waals surface area (Å²) in [6.45, 7) is 1.29. The quantitative estimate of drug-likeness (QED) is 0.604. The maximum absolute atomic E-state index is 12.3. The zero-order valence-corrected chi connectivity index (χ0v) is 16.7. The monoisotopic (exact) mass is 391 g/mol. The van der Waals surface area contributed by atoms with Crippen LogP contribution in [-0.4, -0.2) is 48.3 Å². The molecule has 0 fully saturated rings. The van der Waals surface area contributed by atoms with Gasteiger partial charge in [0.05, 0.1) is 7.11 Å². The third-order valence-corrected chi connectivity index (χ3v) is 4.63. The smallest absolute Gasteiger partial charge is 0.271 e. The third-order valence-electron chi connectivity index (χ3n) is 4.63. The Balaban J connectivity index is 1.49. The van der Waals surface area contributed by atoms with Gasteiger partial charge >= 0.3 is 0 Å². The second kappa shape index (κ2) is 10.2. The highest BCUT2D eigenvalue weighted by Gasteiger charge is 2.10. The molecule has 1 aromatic carbocycles. The van der Waals surface area contributed by atoms with Crippen molar-refractivity contribution < 1.29 is 9.53 Å². The maximum Gasteiger partial charge on any atom is 0.271 e. The van der Waals surface area contributed by atoms with Crippen LogP contribution in [0.1, 0.15) is 21.6 Å². The number of carbonyl (C=O) groups is 1. The fraction of sp³-hybridized carbons (Fsp3) is 0.273. The van der Waals surface area contributed by atoms with E-state index in [1.807, 2.05) is 54.4 Å². The number of aromatic nitrogens is 3. The number of para-hydroxylation sites is 1. The number of hydrogen-bond donors (Lipinski definition) is 1. The number of benzene rings is 1. The van der Waals surface area contributed by atoms with Gasteiger partial charge in [-0.2, -0.15) is 0 Å². The number of amides is 1. The van der Waals surface area contributed by atoms with E-state index in [1.165, 1.54) is 5.56 Å². The predicted molar refractivity (Wildman–Crippen MR) is 112 cm³/mol. The molecule has 0 saturated heterocycles. The summed E-state index contributed by atoms with van der Waals surface area (Å²) in [5.41, 5.74) is 2.56. The van der Waals surface area contributed by atoms with Crippen molar-refractivity contribution in [3.8, 4) is 5.75 Å². The second-order valence-corrected chi connectivity index (χ2v) is 6.62. The van der Waals surface area contributed by atoms with Crippen molar-refractivity contribution in [3.05, 3.63) is 77.7 Å². The third kappa shape index (κ3) is 5.75. The summed E-state index contributed by atoms with van der Waals surface area (Å²) in [5, 5.41) is 11.1. The fourth-order valence-electron chi connectivity index (χ4n) is 2.92. The Morgan fingerprint density at radius 1 is 1.03 bits per heavy atom. The average molecular weight is 391 g/mol. The molecule has 0 aliphatic heterocycles. The van der Waals surface area contributed by atoms with Gasteiger partial charge in [-0.05, 0) is 54.3 Å². The minimum atomic E-state index is -0.238. The molecule has 3 rings (SSSR count). The highest BCUT2D eigenvalue weighted by molar-refractivity contribution is 5.92. The van der Waals surface area contributed by atoms with Gasteiger partial charge in [-0.3, -0.25) is 9.78 Å². The van der Waals surface area contributed by atoms with E-state index in [4.69, 9.17) is 4.74 Å². The molecule has 1 amide bonds. The van der Waals surface area contributed by atoms with Crippen molar-refractivity contribution in [1.82, 2.24) is 20.5 Å². The lowest BCUT2D eigenvalue weighted by Crippen LogP contribution is -2.27. The summed E-state index contributed by atoms with van der Waals surface area (Å²) < 4.78 is 5.33. The topological polar surface area (TPSA) is 80.2 Å². The van der Waals surface area contributed by atoms with E-state index in [1.54, 1.807) is 25.6 Å². The molecule has 0 saturated carbocycles. The minimum Gasteiger partial charge on any atom is -0.496 e. The molecule has 1 N–H and O–H groups in total. The minimum absolute atomic E-state index is 0.238. The molecule has 3 aromatic rings. The van der Waals surface area contributed by atoms with Gasteiger partial charge in [-0.1, -0.05) is 18.2 Å². The molecule has 7 nitrogen and oxygen atoms in total. The SMILES string of the molecule is COc1ccccc1CCNC(=O)c1ccc(N(C)CCc2ccncc2)nn1. The number of nitrogens with one attached hydrogen (secondary N) is 1. The van der Waals surface area contributed by atoms with Gasteiger partial charge in [-0.15, -0.1) is 10.2 Å². The molecule has 0 aliphatic rings. The normalized spacial score (nSPS) is 10.4. The number of carbonyl (C=O) groups excluding carboxylic acids is 1. The Bertz CT molecular complexity index is 916. The first-order valence-corrected chi connectivity index (χ1v) is 9.51. The van der Waals surface area contributed by atoms with E-state index in [0.29, 0.717) is 18.7 Å². The highest BCUT2D eigenvalue weighted by atomic mass is 16.5. The van der Waals surface area contributed by atoms with Gasteiger partial charge in [0.1, 0.15) is 5.75 Å². The molecule has 0 radical (unpaired) electrons. The number of likely N-dealkylation sites (N-methyl/N-ethyl adjacent to an activating group) is 1. The van der Waals surface area contributed by atoms with Gasteiger partial charge < -0.3 is 15.0 Å². The summed E-state index contributed by atoms with van der Waals surface area (Å²) in [6, 6.07) is 15.3. The first-order chi connectivity index (χ1) is 14.2. The zero-order chi connectivity index (χ0) is 20.5. The molecular weight excluding hydrogens is 366 g/mol. The molecular formula is C22H25N5O2. The van der Waals surface area contributed by atoms with Gasteiger partial charge in [0.15, 0.2) is 11.5 Å². The van der Waals surface area contributed by atoms with Crippen LogP contribution in [0.25, 0.3) is 0 Å². The number of hydrogen-bond acceptors (Lipinski definition) is 6. The lowest BCUT2D eigenvalue weighted by atomic mass is 10.1. The summed E-state index contributed by atoms with van der Waals surface area (Å²) in [4.78, 5) is 18.4. The highest BCUT2D eigenvalue weighted by Crippen LogP contribution is 2.17. The van der Waals surface area contributed by atoms with Crippen molar-refractivity contribution in [2.75, 3.05) is 32.1 Å². The fourth-order valence-corrected chi connectivity index (χ4v) is 2.92. The van der Waals surface area contributed by atoms with E-state index in [0.717, 1.165) is 30.1 Å². The lowest BCUT2D eigenvalue weighted by molar-refractivity contribution is 0.0948. The Morgan fingerprint density at radius 3 is 2.55 bits per heavy atom. The van der Waals surface area contributed by atoms with Crippen LogP contribution in [0.2, 0.25) is 0 Å². The number of nitrogens with zero attached hydrogens (tertiary/aromatic N) is 4. The molecule has 2 aromatic heterocycles. The van der Waals surface area contributed by atoms with E-state index < -0.39 is 0 Å². The Morgan fingerprint density at radius 2 is 1.83 bits per heavy atom. The first kappa shape index (κ1) is 20.3. The van der Waals surface area contributed by atoms with Gasteiger partial charge in [-0.25, -0.2) is 0 Å². The van der Waals surface area contributed by atoms with E-state index >= 15 is 0 Å². The van der Waals surface area contributed by atoms with Crippen LogP contribution < -0.4 is 15.0 Å². The molecule has 0 atom stereocenters. The van der Waals surface area contributed by atoms with E-state index in [2.05, 4.69) is 20.5 Å². The summed E-state index contributed by atoms with van der Waals surface area (Å²) in [6.07, 6.45) is 5.14. The molecule has 0 aliphatic carbocycles. The largest absolute Gasteiger partial charge is 0.496 e. The lowest BCUT2D eigenvalue weighted by Gasteiger charge is -2.17. The van der Waals surface area contributed by atoms with Gasteiger partial charge in [0, 0.05) is 32.5 Å². The van der Waals surface area contributed by atoms with Crippen LogP contribution in [0.15, 0.2) is 60.9 Å². The summed E-state index contributed by atoms with van der Waals surface area (Å²) in [7, 11) is 3.60. The molecule has 7 heteroatoms. The van der Waals surface area contributed by atoms with Crippen molar-refractivity contribution in [2.24, 2.45) is 0 Å². The van der Waals surface area contributed by atoms with Gasteiger partial charge in [0.2, 0.25) is 0 Å². The van der Waals surface area contributed by atoms with Crippen LogP contribution in [0.3, 0.4) is 0 Å². The second-order valence-electron chi connectivity index (χ2n) is 6.62. The number of rotatable bonds is 9. The predicted octanol–water partition coefficient (Wildman–Crippen LogP) is 2.53. The Kier molecular flexibility index (Phi) is 7.10. The Hall–Kier alpha value is -3.48. The van der Waals surface area contributed by atoms with E-state index in [9.17, 15) is 4.79 Å². The van der Waals surface area contributed by atoms with Crippen LogP contribution in [0, 0.1) is 0 Å². The molecule has 0 spiro atoms. The molecule has 0 unspecified atom stereocenters. The van der Waals surface area contributed by atoms with Crippen molar-refractivity contribution >= 4 is 11.7 Å². The van der Waals surface area contributed by atoms with Crippen molar-refractivity contribution in [2.45, 2.75) is 12.8 Å². The summed E-state index contributed by atoms with van der Waals surface area (Å²) >= 11 is 0.